The van der Waals surface area contributed by atoms with Crippen molar-refractivity contribution >= 4 is 16.5 Å². The second-order valence-corrected chi connectivity index (χ2v) is 2.87. The Morgan fingerprint density at radius 2 is 1.85 bits per heavy atom. The highest BCUT2D eigenvalue weighted by Gasteiger charge is 1.94. The molecular formula is C6H12FO5S. The first-order chi connectivity index (χ1) is 5.77. The van der Waals surface area contributed by atoms with Gasteiger partial charge in [0.25, 0.3) is 0 Å². The second kappa shape index (κ2) is 7.93. The zero-order valence-electron chi connectivity index (χ0n) is 7.45. The average Bonchev–Trinajstić information content (AvgIpc) is 1.83. The lowest BCUT2D eigenvalue weighted by atomic mass is 10.4. The molecule has 0 rings (SSSR count). The maximum absolute atomic E-state index is 10.1. The Bertz CT molecular complexity index is 215. The van der Waals surface area contributed by atoms with Gasteiger partial charge in [0.2, 0.25) is 0 Å². The molecule has 0 atom stereocenters. The molecule has 7 heteroatoms. The summed E-state index contributed by atoms with van der Waals surface area (Å²) < 4.78 is 40.0. The molecule has 79 valence electrons. The van der Waals surface area contributed by atoms with Crippen molar-refractivity contribution in [1.29, 1.82) is 0 Å². The summed E-state index contributed by atoms with van der Waals surface area (Å²) in [5.41, 5.74) is 0. The fourth-order valence-electron chi connectivity index (χ4n) is 0.360. The fourth-order valence-corrected chi connectivity index (χ4v) is 0.360. The average molecular weight is 215 g/mol. The summed E-state index contributed by atoms with van der Waals surface area (Å²) in [6.07, 6.45) is 2.05. The van der Waals surface area contributed by atoms with E-state index < -0.39 is 10.5 Å². The van der Waals surface area contributed by atoms with Crippen molar-refractivity contribution in [3.05, 3.63) is 0 Å². The molecule has 0 N–H and O–H groups in total. The van der Waals surface area contributed by atoms with E-state index in [9.17, 15) is 8.68 Å². The van der Waals surface area contributed by atoms with Gasteiger partial charge >= 0.3 is 16.5 Å². The van der Waals surface area contributed by atoms with Crippen molar-refractivity contribution in [2.75, 3.05) is 6.61 Å². The number of unbranched alkanes of at least 4 members (excludes halogenated alkanes) is 1. The molecule has 0 unspecified atom stereocenters. The monoisotopic (exact) mass is 215 g/mol. The topological polar surface area (TPSA) is 80.3 Å². The van der Waals surface area contributed by atoms with Crippen LogP contribution in [0.1, 0.15) is 26.7 Å². The predicted octanol–water partition coefficient (Wildman–Crippen LogP) is 0.981. The van der Waals surface area contributed by atoms with Crippen LogP contribution in [0.25, 0.3) is 0 Å². The highest BCUT2D eigenvalue weighted by molar-refractivity contribution is 7.80. The summed E-state index contributed by atoms with van der Waals surface area (Å²) in [6, 6.07) is 0. The molecule has 1 radical (unpaired) electrons. The molecule has 0 aromatic carbocycles. The summed E-state index contributed by atoms with van der Waals surface area (Å²) in [6.45, 7) is 4.06. The van der Waals surface area contributed by atoms with Gasteiger partial charge in [-0.15, -0.1) is 0 Å². The quantitative estimate of drug-likeness (QED) is 0.399. The minimum absolute atomic E-state index is 0.182. The minimum atomic E-state index is -5.42. The summed E-state index contributed by atoms with van der Waals surface area (Å²) in [4.78, 5) is 10.1. The van der Waals surface area contributed by atoms with Crippen molar-refractivity contribution in [3.8, 4) is 0 Å². The van der Waals surface area contributed by atoms with E-state index >= 15 is 0 Å². The Hall–Kier alpha value is -0.690. The van der Waals surface area contributed by atoms with E-state index in [-0.39, 0.29) is 5.97 Å². The smallest absolute Gasteiger partial charge is 0.465 e. The second-order valence-electron chi connectivity index (χ2n) is 2.09. The van der Waals surface area contributed by atoms with Crippen molar-refractivity contribution in [2.24, 2.45) is 0 Å². The van der Waals surface area contributed by atoms with E-state index in [0.717, 1.165) is 12.8 Å². The zero-order valence-corrected chi connectivity index (χ0v) is 8.27. The first-order valence-corrected chi connectivity index (χ1v) is 4.87. The van der Waals surface area contributed by atoms with E-state index in [0.29, 0.717) is 6.61 Å². The molecular weight excluding hydrogens is 203 g/mol. The van der Waals surface area contributed by atoms with Gasteiger partial charge in [0.15, 0.2) is 0 Å². The lowest BCUT2D eigenvalue weighted by Crippen LogP contribution is -1.99. The van der Waals surface area contributed by atoms with Crippen LogP contribution >= 0.6 is 0 Å². The molecule has 0 fully saturated rings. The molecule has 0 aliphatic heterocycles. The summed E-state index contributed by atoms with van der Waals surface area (Å²) in [5, 5.41) is 0. The Morgan fingerprint density at radius 1 is 1.46 bits per heavy atom. The van der Waals surface area contributed by atoms with Gasteiger partial charge in [-0.25, -0.2) is 0 Å². The Balaban J connectivity index is 0. The van der Waals surface area contributed by atoms with Crippen LogP contribution in [0.15, 0.2) is 0 Å². The van der Waals surface area contributed by atoms with Crippen molar-refractivity contribution in [3.63, 3.8) is 0 Å². The first-order valence-electron chi connectivity index (χ1n) is 3.56. The Kier molecular flexibility index (Phi) is 9.04. The molecule has 0 aliphatic carbocycles. The van der Waals surface area contributed by atoms with E-state index in [4.69, 9.17) is 13.0 Å². The highest BCUT2D eigenvalue weighted by Crippen LogP contribution is 1.86. The van der Waals surface area contributed by atoms with Gasteiger partial charge in [-0.3, -0.25) is 4.79 Å². The van der Waals surface area contributed by atoms with Crippen LogP contribution in [0.2, 0.25) is 0 Å². The number of hydrogen-bond donors (Lipinski definition) is 0. The molecule has 0 aromatic heterocycles. The molecule has 5 nitrogen and oxygen atoms in total. The third-order valence-corrected chi connectivity index (χ3v) is 0.803. The van der Waals surface area contributed by atoms with E-state index in [2.05, 4.69) is 11.7 Å². The number of carbonyl (C=O) groups is 1. The number of ether oxygens (including phenoxy) is 1. The summed E-state index contributed by atoms with van der Waals surface area (Å²) in [7, 11) is -5.42. The van der Waals surface area contributed by atoms with E-state index in [1.54, 1.807) is 0 Å². The maximum atomic E-state index is 10.1. The zero-order chi connectivity index (χ0) is 10.9. The molecule has 0 heterocycles. The van der Waals surface area contributed by atoms with Crippen molar-refractivity contribution < 1.29 is 26.4 Å². The van der Waals surface area contributed by atoms with Crippen LogP contribution in [0.5, 0.6) is 0 Å². The van der Waals surface area contributed by atoms with Gasteiger partial charge in [0.1, 0.15) is 0 Å². The Labute approximate surface area is 76.9 Å². The summed E-state index contributed by atoms with van der Waals surface area (Å²) >= 11 is 0. The van der Waals surface area contributed by atoms with Crippen molar-refractivity contribution in [2.45, 2.75) is 26.7 Å². The highest BCUT2D eigenvalue weighted by atomic mass is 32.3. The standard InChI is InChI=1S/C6H12O2.FO3S/c1-3-4-5-8-6(2)7;1-5(2,3)4/h3-5H2,1-2H3;. The number of carbonyl (C=O) groups excluding carboxylic acids is 1. The van der Waals surface area contributed by atoms with Crippen molar-refractivity contribution in [1.82, 2.24) is 0 Å². The van der Waals surface area contributed by atoms with Crippen LogP contribution in [0.4, 0.5) is 3.89 Å². The SMILES string of the molecule is CCCCOC(C)=O.[O]S(=O)(=O)F. The van der Waals surface area contributed by atoms with Crippen LogP contribution in [-0.2, 0) is 24.6 Å². The van der Waals surface area contributed by atoms with E-state index in [1.165, 1.54) is 6.92 Å². The third kappa shape index (κ3) is 52.8. The minimum Gasteiger partial charge on any atom is -0.466 e. The number of halogens is 1. The number of esters is 1. The van der Waals surface area contributed by atoms with Crippen LogP contribution in [0, 0.1) is 0 Å². The van der Waals surface area contributed by atoms with Crippen LogP contribution < -0.4 is 0 Å². The van der Waals surface area contributed by atoms with Crippen LogP contribution in [-0.4, -0.2) is 21.0 Å². The first kappa shape index (κ1) is 14.8. The molecule has 0 saturated carbocycles. The number of rotatable bonds is 3. The molecule has 13 heavy (non-hydrogen) atoms. The number of hydrogen-bond acceptors (Lipinski definition) is 4. The Morgan fingerprint density at radius 3 is 2.08 bits per heavy atom. The van der Waals surface area contributed by atoms with Gasteiger partial charge < -0.3 is 4.74 Å². The molecule has 0 aromatic rings. The molecule has 0 amide bonds. The van der Waals surface area contributed by atoms with Gasteiger partial charge in [-0.05, 0) is 6.42 Å². The largest absolute Gasteiger partial charge is 0.466 e. The molecule has 0 bridgehead atoms. The summed E-state index contributed by atoms with van der Waals surface area (Å²) in [5.74, 6) is -0.182. The lowest BCUT2D eigenvalue weighted by molar-refractivity contribution is -0.141. The maximum Gasteiger partial charge on any atom is 0.465 e. The fraction of sp³-hybridized carbons (Fsp3) is 0.833. The lowest BCUT2D eigenvalue weighted by Gasteiger charge is -1.96. The van der Waals surface area contributed by atoms with E-state index in [1.807, 2.05) is 0 Å². The normalized spacial score (nSPS) is 9.85. The van der Waals surface area contributed by atoms with Gasteiger partial charge in [-0.2, -0.15) is 8.42 Å². The van der Waals surface area contributed by atoms with Gasteiger partial charge in [0, 0.05) is 6.92 Å². The molecule has 0 aliphatic rings. The third-order valence-electron chi connectivity index (χ3n) is 0.803. The predicted molar refractivity (Wildman–Crippen MR) is 42.3 cm³/mol. The molecule has 0 saturated heterocycles. The molecule has 0 spiro atoms. The van der Waals surface area contributed by atoms with Crippen LogP contribution in [0.3, 0.4) is 0 Å². The van der Waals surface area contributed by atoms with Gasteiger partial charge in [-0.1, -0.05) is 21.8 Å². The van der Waals surface area contributed by atoms with Gasteiger partial charge in [0.05, 0.1) is 6.61 Å².